The number of benzene rings is 1. The molecule has 0 bridgehead atoms. The van der Waals surface area contributed by atoms with Gasteiger partial charge in [0.25, 0.3) is 5.91 Å². The van der Waals surface area contributed by atoms with Gasteiger partial charge in [0.15, 0.2) is 0 Å². The molecule has 0 radical (unpaired) electrons. The number of nitrogens with one attached hydrogen (secondary N) is 1. The topological polar surface area (TPSA) is 38.3 Å². The van der Waals surface area contributed by atoms with E-state index in [-0.39, 0.29) is 18.1 Å². The molecule has 1 aliphatic heterocycles. The van der Waals surface area contributed by atoms with Gasteiger partial charge in [-0.25, -0.2) is 0 Å². The molecule has 1 fully saturated rings. The Kier molecular flexibility index (Phi) is 4.66. The van der Waals surface area contributed by atoms with Crippen LogP contribution in [0, 0.1) is 0 Å². The molecule has 0 unspecified atom stereocenters. The SMILES string of the molecule is CSc1ccc(C(=O)N[C@H](C)[C@@H]2CCCO2)cc1. The van der Waals surface area contributed by atoms with E-state index in [0.717, 1.165) is 19.4 Å². The number of hydrogen-bond acceptors (Lipinski definition) is 3. The van der Waals surface area contributed by atoms with Crippen LogP contribution in [-0.2, 0) is 4.74 Å². The molecule has 2 rings (SSSR count). The van der Waals surface area contributed by atoms with Gasteiger partial charge in [0.05, 0.1) is 12.1 Å². The number of rotatable bonds is 4. The fourth-order valence-corrected chi connectivity index (χ4v) is 2.53. The molecule has 1 amide bonds. The molecule has 0 aromatic heterocycles. The van der Waals surface area contributed by atoms with Crippen molar-refractivity contribution in [3.8, 4) is 0 Å². The van der Waals surface area contributed by atoms with Crippen LogP contribution in [0.2, 0.25) is 0 Å². The Morgan fingerprint density at radius 1 is 1.44 bits per heavy atom. The summed E-state index contributed by atoms with van der Waals surface area (Å²) in [7, 11) is 0. The lowest BCUT2D eigenvalue weighted by atomic mass is 10.1. The van der Waals surface area contributed by atoms with E-state index in [2.05, 4.69) is 5.32 Å². The average molecular weight is 265 g/mol. The molecule has 1 aromatic rings. The minimum Gasteiger partial charge on any atom is -0.376 e. The summed E-state index contributed by atoms with van der Waals surface area (Å²) in [5.41, 5.74) is 0.706. The zero-order chi connectivity index (χ0) is 13.0. The lowest BCUT2D eigenvalue weighted by Crippen LogP contribution is -2.40. The van der Waals surface area contributed by atoms with E-state index in [9.17, 15) is 4.79 Å². The first-order chi connectivity index (χ1) is 8.70. The van der Waals surface area contributed by atoms with Crippen molar-refractivity contribution in [3.05, 3.63) is 29.8 Å². The molecule has 0 saturated carbocycles. The van der Waals surface area contributed by atoms with Crippen molar-refractivity contribution in [1.29, 1.82) is 0 Å². The number of hydrogen-bond donors (Lipinski definition) is 1. The fraction of sp³-hybridized carbons (Fsp3) is 0.500. The van der Waals surface area contributed by atoms with Crippen LogP contribution in [-0.4, -0.2) is 30.9 Å². The molecule has 0 aliphatic carbocycles. The monoisotopic (exact) mass is 265 g/mol. The normalized spacial score (nSPS) is 20.7. The van der Waals surface area contributed by atoms with Crippen molar-refractivity contribution in [2.24, 2.45) is 0 Å². The molecule has 1 aromatic carbocycles. The fourth-order valence-electron chi connectivity index (χ4n) is 2.12. The second-order valence-electron chi connectivity index (χ2n) is 4.54. The Hall–Kier alpha value is -1.00. The first-order valence-corrected chi connectivity index (χ1v) is 7.49. The Bertz CT molecular complexity index is 399. The third-order valence-corrected chi connectivity index (χ3v) is 3.98. The third-order valence-electron chi connectivity index (χ3n) is 3.23. The summed E-state index contributed by atoms with van der Waals surface area (Å²) in [6, 6.07) is 7.74. The molecule has 98 valence electrons. The Labute approximate surface area is 112 Å². The van der Waals surface area contributed by atoms with Gasteiger partial charge in [-0.1, -0.05) is 0 Å². The molecule has 2 atom stereocenters. The Balaban J connectivity index is 1.93. The van der Waals surface area contributed by atoms with E-state index in [4.69, 9.17) is 4.74 Å². The van der Waals surface area contributed by atoms with Gasteiger partial charge in [-0.15, -0.1) is 11.8 Å². The highest BCUT2D eigenvalue weighted by Gasteiger charge is 2.23. The summed E-state index contributed by atoms with van der Waals surface area (Å²) in [5, 5.41) is 3.00. The molecule has 3 nitrogen and oxygen atoms in total. The largest absolute Gasteiger partial charge is 0.376 e. The number of ether oxygens (including phenoxy) is 1. The maximum atomic E-state index is 12.0. The lowest BCUT2D eigenvalue weighted by molar-refractivity contribution is 0.0712. The third kappa shape index (κ3) is 3.27. The van der Waals surface area contributed by atoms with Gasteiger partial charge in [-0.05, 0) is 50.3 Å². The van der Waals surface area contributed by atoms with Crippen LogP contribution in [0.4, 0.5) is 0 Å². The Morgan fingerprint density at radius 3 is 2.72 bits per heavy atom. The molecule has 4 heteroatoms. The van der Waals surface area contributed by atoms with Gasteiger partial charge in [0, 0.05) is 17.1 Å². The summed E-state index contributed by atoms with van der Waals surface area (Å²) in [6.45, 7) is 2.82. The molecular formula is C14H19NO2S. The van der Waals surface area contributed by atoms with Crippen LogP contribution < -0.4 is 5.32 Å². The summed E-state index contributed by atoms with van der Waals surface area (Å²) in [6.07, 6.45) is 4.31. The summed E-state index contributed by atoms with van der Waals surface area (Å²) in [5.74, 6) is -0.0225. The van der Waals surface area contributed by atoms with E-state index < -0.39 is 0 Å². The number of carbonyl (C=O) groups is 1. The summed E-state index contributed by atoms with van der Waals surface area (Å²) in [4.78, 5) is 13.2. The molecular weight excluding hydrogens is 246 g/mol. The van der Waals surface area contributed by atoms with Gasteiger partial charge in [-0.2, -0.15) is 0 Å². The minimum absolute atomic E-state index is 0.0225. The first-order valence-electron chi connectivity index (χ1n) is 6.27. The van der Waals surface area contributed by atoms with Gasteiger partial charge in [-0.3, -0.25) is 4.79 Å². The van der Waals surface area contributed by atoms with Gasteiger partial charge >= 0.3 is 0 Å². The number of carbonyl (C=O) groups excluding carboxylic acids is 1. The molecule has 1 aliphatic rings. The van der Waals surface area contributed by atoms with Gasteiger partial charge in [0.1, 0.15) is 0 Å². The van der Waals surface area contributed by atoms with Crippen molar-refractivity contribution >= 4 is 17.7 Å². The average Bonchev–Trinajstić information content (AvgIpc) is 2.92. The minimum atomic E-state index is -0.0225. The standard InChI is InChI=1S/C14H19NO2S/c1-10(13-4-3-9-17-13)15-14(16)11-5-7-12(18-2)8-6-11/h5-8,10,13H,3-4,9H2,1-2H3,(H,15,16)/t10-,13+/m1/s1. The smallest absolute Gasteiger partial charge is 0.251 e. The van der Waals surface area contributed by atoms with Crippen molar-refractivity contribution < 1.29 is 9.53 Å². The maximum Gasteiger partial charge on any atom is 0.251 e. The molecule has 18 heavy (non-hydrogen) atoms. The van der Waals surface area contributed by atoms with Crippen molar-refractivity contribution in [1.82, 2.24) is 5.32 Å². The predicted octanol–water partition coefficient (Wildman–Crippen LogP) is 2.71. The van der Waals surface area contributed by atoms with Crippen molar-refractivity contribution in [2.45, 2.75) is 36.8 Å². The number of thioether (sulfide) groups is 1. The second-order valence-corrected chi connectivity index (χ2v) is 5.42. The van der Waals surface area contributed by atoms with Crippen LogP contribution in [0.5, 0.6) is 0 Å². The van der Waals surface area contributed by atoms with Crippen molar-refractivity contribution in [3.63, 3.8) is 0 Å². The Morgan fingerprint density at radius 2 is 2.17 bits per heavy atom. The molecule has 0 spiro atoms. The molecule has 1 N–H and O–H groups in total. The van der Waals surface area contributed by atoms with E-state index in [1.165, 1.54) is 4.90 Å². The van der Waals surface area contributed by atoms with Crippen LogP contribution in [0.25, 0.3) is 0 Å². The van der Waals surface area contributed by atoms with Crippen LogP contribution in [0.15, 0.2) is 29.2 Å². The maximum absolute atomic E-state index is 12.0. The van der Waals surface area contributed by atoms with Crippen LogP contribution in [0.1, 0.15) is 30.1 Å². The van der Waals surface area contributed by atoms with Crippen LogP contribution >= 0.6 is 11.8 Å². The quantitative estimate of drug-likeness (QED) is 0.851. The van der Waals surface area contributed by atoms with E-state index in [1.807, 2.05) is 37.4 Å². The van der Waals surface area contributed by atoms with Crippen LogP contribution in [0.3, 0.4) is 0 Å². The molecule has 1 saturated heterocycles. The molecule has 1 heterocycles. The summed E-state index contributed by atoms with van der Waals surface area (Å²) >= 11 is 1.67. The zero-order valence-corrected chi connectivity index (χ0v) is 11.6. The van der Waals surface area contributed by atoms with E-state index in [0.29, 0.717) is 5.56 Å². The number of amides is 1. The predicted molar refractivity (Wildman–Crippen MR) is 74.1 cm³/mol. The first kappa shape index (κ1) is 13.4. The van der Waals surface area contributed by atoms with E-state index >= 15 is 0 Å². The highest BCUT2D eigenvalue weighted by molar-refractivity contribution is 7.98. The summed E-state index contributed by atoms with van der Waals surface area (Å²) < 4.78 is 5.57. The zero-order valence-electron chi connectivity index (χ0n) is 10.8. The van der Waals surface area contributed by atoms with Gasteiger partial charge in [0.2, 0.25) is 0 Å². The highest BCUT2D eigenvalue weighted by atomic mass is 32.2. The van der Waals surface area contributed by atoms with Gasteiger partial charge < -0.3 is 10.1 Å². The van der Waals surface area contributed by atoms with E-state index in [1.54, 1.807) is 11.8 Å². The second kappa shape index (κ2) is 6.25. The lowest BCUT2D eigenvalue weighted by Gasteiger charge is -2.20. The van der Waals surface area contributed by atoms with Crippen molar-refractivity contribution in [2.75, 3.05) is 12.9 Å². The highest BCUT2D eigenvalue weighted by Crippen LogP contribution is 2.17.